The molecule has 1 heterocycles. The number of para-hydroxylation sites is 1. The highest BCUT2D eigenvalue weighted by atomic mass is 16.5. The van der Waals surface area contributed by atoms with Crippen molar-refractivity contribution in [2.45, 2.75) is 25.5 Å². The fraction of sp³-hybridized carbons (Fsp3) is 0.467. The molecule has 104 valence electrons. The first-order valence-electron chi connectivity index (χ1n) is 6.60. The normalized spacial score (nSPS) is 19.1. The molecule has 1 aromatic carbocycles. The van der Waals surface area contributed by atoms with E-state index in [1.807, 2.05) is 30.3 Å². The van der Waals surface area contributed by atoms with Crippen molar-refractivity contribution >= 4 is 11.4 Å². The van der Waals surface area contributed by atoms with Crippen LogP contribution in [0.25, 0.3) is 5.76 Å². The van der Waals surface area contributed by atoms with Gasteiger partial charge < -0.3 is 19.9 Å². The molecule has 0 aromatic heterocycles. The molecule has 1 aliphatic rings. The molecule has 0 bridgehead atoms. The smallest absolute Gasteiger partial charge is 0.126 e. The van der Waals surface area contributed by atoms with Gasteiger partial charge in [-0.25, -0.2) is 0 Å². The molecule has 1 aromatic rings. The highest BCUT2D eigenvalue weighted by Gasteiger charge is 2.22. The molecule has 2 rings (SSSR count). The van der Waals surface area contributed by atoms with E-state index in [1.54, 1.807) is 14.0 Å². The van der Waals surface area contributed by atoms with Crippen LogP contribution in [0.1, 0.15) is 18.9 Å². The Hall–Kier alpha value is -1.52. The number of anilines is 1. The van der Waals surface area contributed by atoms with E-state index in [0.717, 1.165) is 23.4 Å². The molecule has 0 saturated carbocycles. The van der Waals surface area contributed by atoms with Crippen molar-refractivity contribution in [2.24, 2.45) is 0 Å². The summed E-state index contributed by atoms with van der Waals surface area (Å²) < 4.78 is 10.8. The molecule has 0 amide bonds. The van der Waals surface area contributed by atoms with E-state index < -0.39 is 6.10 Å². The Morgan fingerprint density at radius 1 is 1.32 bits per heavy atom. The minimum atomic E-state index is -0.467. The average Bonchev–Trinajstić information content (AvgIpc) is 2.43. The van der Waals surface area contributed by atoms with Gasteiger partial charge in [-0.15, -0.1) is 0 Å². The summed E-state index contributed by atoms with van der Waals surface area (Å²) in [6.45, 7) is 3.07. The van der Waals surface area contributed by atoms with Crippen LogP contribution in [0, 0.1) is 0 Å². The van der Waals surface area contributed by atoms with Crippen molar-refractivity contribution in [1.29, 1.82) is 0 Å². The number of hydrogen-bond acceptors (Lipinski definition) is 4. The third-order valence-electron chi connectivity index (χ3n) is 3.12. The molecule has 2 N–H and O–H groups in total. The highest BCUT2D eigenvalue weighted by molar-refractivity contribution is 5.76. The third kappa shape index (κ3) is 3.49. The van der Waals surface area contributed by atoms with Gasteiger partial charge in [-0.05, 0) is 25.1 Å². The largest absolute Gasteiger partial charge is 0.493 e. The molecule has 1 unspecified atom stereocenters. The van der Waals surface area contributed by atoms with Crippen LogP contribution in [-0.2, 0) is 9.47 Å². The van der Waals surface area contributed by atoms with Gasteiger partial charge in [0, 0.05) is 31.4 Å². The van der Waals surface area contributed by atoms with Gasteiger partial charge in [-0.1, -0.05) is 12.1 Å². The van der Waals surface area contributed by atoms with Crippen LogP contribution < -0.4 is 5.32 Å². The summed E-state index contributed by atoms with van der Waals surface area (Å²) in [6, 6.07) is 7.85. The molecule has 4 nitrogen and oxygen atoms in total. The number of methoxy groups -OCH3 is 1. The quantitative estimate of drug-likeness (QED) is 0.773. The summed E-state index contributed by atoms with van der Waals surface area (Å²) in [5.74, 6) is 0.830. The molecule has 19 heavy (non-hydrogen) atoms. The molecule has 4 heteroatoms. The molecular formula is C15H21NO3. The van der Waals surface area contributed by atoms with E-state index in [-0.39, 0.29) is 6.04 Å². The van der Waals surface area contributed by atoms with Crippen molar-refractivity contribution in [3.63, 3.8) is 0 Å². The predicted molar refractivity (Wildman–Crippen MR) is 76.0 cm³/mol. The van der Waals surface area contributed by atoms with Crippen molar-refractivity contribution in [2.75, 3.05) is 25.6 Å². The van der Waals surface area contributed by atoms with Crippen LogP contribution in [-0.4, -0.2) is 37.6 Å². The molecule has 2 atom stereocenters. The number of hydrogen-bond donors (Lipinski definition) is 2. The Bertz CT molecular complexity index is 443. The van der Waals surface area contributed by atoms with Gasteiger partial charge in [0.25, 0.3) is 0 Å². The van der Waals surface area contributed by atoms with Gasteiger partial charge in [0.2, 0.25) is 0 Å². The second-order valence-electron chi connectivity index (χ2n) is 4.68. The first-order valence-corrected chi connectivity index (χ1v) is 6.60. The lowest BCUT2D eigenvalue weighted by molar-refractivity contribution is 0.161. The van der Waals surface area contributed by atoms with Gasteiger partial charge in [0.05, 0.1) is 18.8 Å². The minimum Gasteiger partial charge on any atom is -0.493 e. The summed E-state index contributed by atoms with van der Waals surface area (Å²) in [6.07, 6.45) is 2.33. The molecule has 0 fully saturated rings. The number of aliphatic hydroxyl groups excluding tert-OH is 1. The Morgan fingerprint density at radius 2 is 2.11 bits per heavy atom. The lowest BCUT2D eigenvalue weighted by Gasteiger charge is -2.28. The van der Waals surface area contributed by atoms with E-state index in [0.29, 0.717) is 13.2 Å². The van der Waals surface area contributed by atoms with E-state index >= 15 is 0 Å². The Labute approximate surface area is 114 Å². The van der Waals surface area contributed by atoms with Crippen LogP contribution >= 0.6 is 0 Å². The lowest BCUT2D eigenvalue weighted by atomic mass is 10.0. The number of benzene rings is 1. The average molecular weight is 263 g/mol. The maximum atomic E-state index is 9.75. The maximum Gasteiger partial charge on any atom is 0.126 e. The number of ether oxygens (including phenoxy) is 2. The minimum absolute atomic E-state index is 0.118. The molecular weight excluding hydrogens is 242 g/mol. The number of fused-ring (bicyclic) bond motifs is 1. The lowest BCUT2D eigenvalue weighted by Crippen LogP contribution is -2.32. The van der Waals surface area contributed by atoms with Gasteiger partial charge >= 0.3 is 0 Å². The fourth-order valence-electron chi connectivity index (χ4n) is 2.07. The van der Waals surface area contributed by atoms with Crippen molar-refractivity contribution in [3.8, 4) is 0 Å². The van der Waals surface area contributed by atoms with Crippen LogP contribution in [0.4, 0.5) is 5.69 Å². The van der Waals surface area contributed by atoms with Gasteiger partial charge in [0.1, 0.15) is 5.76 Å². The topological polar surface area (TPSA) is 50.7 Å². The van der Waals surface area contributed by atoms with Crippen molar-refractivity contribution in [3.05, 3.63) is 35.9 Å². The Balaban J connectivity index is 2.12. The number of rotatable bonds is 6. The molecule has 0 radical (unpaired) electrons. The molecule has 0 aliphatic carbocycles. The molecule has 1 aliphatic heterocycles. The zero-order valence-corrected chi connectivity index (χ0v) is 11.4. The molecule has 0 spiro atoms. The van der Waals surface area contributed by atoms with Crippen LogP contribution in [0.15, 0.2) is 30.3 Å². The van der Waals surface area contributed by atoms with E-state index in [1.165, 1.54) is 0 Å². The second-order valence-corrected chi connectivity index (χ2v) is 4.68. The zero-order valence-electron chi connectivity index (χ0n) is 11.4. The highest BCUT2D eigenvalue weighted by Crippen LogP contribution is 2.30. The summed E-state index contributed by atoms with van der Waals surface area (Å²) in [5, 5.41) is 13.0. The summed E-state index contributed by atoms with van der Waals surface area (Å²) in [5.41, 5.74) is 2.04. The predicted octanol–water partition coefficient (Wildman–Crippen LogP) is 2.26. The SMILES string of the molecule is COCCCOC1=CC([C@@H](C)O)Nc2ccccc21. The van der Waals surface area contributed by atoms with Gasteiger partial charge in [-0.3, -0.25) is 0 Å². The first-order chi connectivity index (χ1) is 9.22. The Kier molecular flexibility index (Phi) is 4.82. The van der Waals surface area contributed by atoms with Crippen LogP contribution in [0.2, 0.25) is 0 Å². The summed E-state index contributed by atoms with van der Waals surface area (Å²) >= 11 is 0. The monoisotopic (exact) mass is 263 g/mol. The van der Waals surface area contributed by atoms with Crippen molar-refractivity contribution in [1.82, 2.24) is 0 Å². The number of aliphatic hydroxyl groups is 1. The summed E-state index contributed by atoms with van der Waals surface area (Å²) in [4.78, 5) is 0. The third-order valence-corrected chi connectivity index (χ3v) is 3.12. The van der Waals surface area contributed by atoms with Crippen LogP contribution in [0.5, 0.6) is 0 Å². The van der Waals surface area contributed by atoms with Gasteiger partial charge in [0.15, 0.2) is 0 Å². The second kappa shape index (κ2) is 6.59. The molecule has 0 saturated heterocycles. The first kappa shape index (κ1) is 13.9. The van der Waals surface area contributed by atoms with E-state index in [2.05, 4.69) is 5.32 Å². The summed E-state index contributed by atoms with van der Waals surface area (Å²) in [7, 11) is 1.68. The van der Waals surface area contributed by atoms with Crippen LogP contribution in [0.3, 0.4) is 0 Å². The maximum absolute atomic E-state index is 9.75. The standard InChI is InChI=1S/C15H21NO3/c1-11(17)14-10-15(19-9-5-8-18-2)12-6-3-4-7-13(12)16-14/h3-4,6-7,10-11,14,16-17H,5,8-9H2,1-2H3/t11-,14?/m1/s1. The number of nitrogens with one attached hydrogen (secondary N) is 1. The van der Waals surface area contributed by atoms with E-state index in [9.17, 15) is 5.11 Å². The Morgan fingerprint density at radius 3 is 2.84 bits per heavy atom. The van der Waals surface area contributed by atoms with Crippen molar-refractivity contribution < 1.29 is 14.6 Å². The fourth-order valence-corrected chi connectivity index (χ4v) is 2.07. The van der Waals surface area contributed by atoms with E-state index in [4.69, 9.17) is 9.47 Å². The zero-order chi connectivity index (χ0) is 13.7. The van der Waals surface area contributed by atoms with Gasteiger partial charge in [-0.2, -0.15) is 0 Å².